The van der Waals surface area contributed by atoms with Gasteiger partial charge in [0.05, 0.1) is 5.69 Å². The maximum atomic E-state index is 13.1. The molecule has 12 heteroatoms. The van der Waals surface area contributed by atoms with Crippen LogP contribution in [0.15, 0.2) is 45.9 Å². The van der Waals surface area contributed by atoms with Gasteiger partial charge in [-0.2, -0.15) is 13.9 Å². The fraction of sp³-hybridized carbons (Fsp3) is 0.318. The summed E-state index contributed by atoms with van der Waals surface area (Å²) in [7, 11) is -1.68. The van der Waals surface area contributed by atoms with E-state index in [4.69, 9.17) is 21.1 Å². The standard InChI is InChI=1S/C22H24BClN6O3S/c1-13-21(14(2)33-28-13)34(31,32)29-9-7-15(8-10-29)26-20-11-19(16-5-3-4-6-18(16)24)27-22-17(23)12-25-30(20)22/h3-6,11-12,15,26H,7-10,23H2,1-2H3. The minimum absolute atomic E-state index is 0.0744. The average Bonchev–Trinajstić information content (AvgIpc) is 3.36. The number of aromatic nitrogens is 4. The molecule has 0 atom stereocenters. The number of benzene rings is 1. The van der Waals surface area contributed by atoms with Crippen molar-refractivity contribution in [3.05, 3.63) is 53.0 Å². The van der Waals surface area contributed by atoms with Gasteiger partial charge in [-0.25, -0.2) is 13.4 Å². The first kappa shape index (κ1) is 22.9. The summed E-state index contributed by atoms with van der Waals surface area (Å²) in [6.07, 6.45) is 3.07. The van der Waals surface area contributed by atoms with Crippen molar-refractivity contribution in [2.24, 2.45) is 0 Å². The smallest absolute Gasteiger partial charge is 0.248 e. The molecule has 1 fully saturated rings. The lowest BCUT2D eigenvalue weighted by molar-refractivity contribution is 0.328. The zero-order valence-electron chi connectivity index (χ0n) is 19.1. The molecule has 9 nitrogen and oxygen atoms in total. The van der Waals surface area contributed by atoms with Gasteiger partial charge < -0.3 is 9.84 Å². The Kier molecular flexibility index (Phi) is 5.87. The number of hydrogen-bond donors (Lipinski definition) is 1. The van der Waals surface area contributed by atoms with Crippen LogP contribution in [0.1, 0.15) is 24.3 Å². The molecule has 1 N–H and O–H groups in total. The molecule has 0 unspecified atom stereocenters. The van der Waals surface area contributed by atoms with Gasteiger partial charge in [-0.1, -0.05) is 35.0 Å². The van der Waals surface area contributed by atoms with E-state index in [9.17, 15) is 8.42 Å². The van der Waals surface area contributed by atoms with E-state index in [-0.39, 0.29) is 10.9 Å². The van der Waals surface area contributed by atoms with Crippen LogP contribution in [-0.2, 0) is 10.0 Å². The molecule has 0 spiro atoms. The van der Waals surface area contributed by atoms with E-state index in [0.717, 1.165) is 28.2 Å². The van der Waals surface area contributed by atoms with Crippen molar-refractivity contribution in [2.45, 2.75) is 37.6 Å². The molecule has 34 heavy (non-hydrogen) atoms. The van der Waals surface area contributed by atoms with Crippen LogP contribution in [0.5, 0.6) is 0 Å². The number of piperidine rings is 1. The largest absolute Gasteiger partial charge is 0.367 e. The fourth-order valence-corrected chi connectivity index (χ4v) is 6.40. The SMILES string of the molecule is Bc1cnn2c(NC3CCN(S(=O)(=O)c4c(C)noc4C)CC3)cc(-c3ccccc3Cl)nc12. The molecule has 0 bridgehead atoms. The van der Waals surface area contributed by atoms with E-state index in [1.807, 2.05) is 38.2 Å². The highest BCUT2D eigenvalue weighted by atomic mass is 35.5. The monoisotopic (exact) mass is 498 g/mol. The molecule has 4 heterocycles. The highest BCUT2D eigenvalue weighted by molar-refractivity contribution is 7.89. The Morgan fingerprint density at radius 2 is 1.94 bits per heavy atom. The van der Waals surface area contributed by atoms with Crippen LogP contribution in [-0.4, -0.2) is 59.5 Å². The van der Waals surface area contributed by atoms with Crippen LogP contribution in [0, 0.1) is 13.8 Å². The van der Waals surface area contributed by atoms with Crippen molar-refractivity contribution in [1.29, 1.82) is 0 Å². The van der Waals surface area contributed by atoms with Crippen molar-refractivity contribution < 1.29 is 12.9 Å². The highest BCUT2D eigenvalue weighted by Crippen LogP contribution is 2.30. The second-order valence-electron chi connectivity index (χ2n) is 8.55. The Balaban J connectivity index is 1.39. The molecule has 0 aliphatic carbocycles. The van der Waals surface area contributed by atoms with Crippen LogP contribution in [0.2, 0.25) is 5.02 Å². The molecule has 0 saturated carbocycles. The molecule has 4 aromatic rings. The van der Waals surface area contributed by atoms with Crippen molar-refractivity contribution in [1.82, 2.24) is 24.1 Å². The van der Waals surface area contributed by atoms with Crippen molar-refractivity contribution in [3.63, 3.8) is 0 Å². The number of fused-ring (bicyclic) bond motifs is 1. The van der Waals surface area contributed by atoms with Crippen LogP contribution >= 0.6 is 11.6 Å². The Morgan fingerprint density at radius 1 is 1.21 bits per heavy atom. The van der Waals surface area contributed by atoms with E-state index in [1.165, 1.54) is 4.31 Å². The van der Waals surface area contributed by atoms with E-state index < -0.39 is 10.0 Å². The molecule has 176 valence electrons. The summed E-state index contributed by atoms with van der Waals surface area (Å²) in [4.78, 5) is 4.95. The van der Waals surface area contributed by atoms with Crippen LogP contribution in [0.25, 0.3) is 16.9 Å². The molecule has 5 rings (SSSR count). The molecular formula is C22H24BClN6O3S. The average molecular weight is 499 g/mol. The molecule has 1 aromatic carbocycles. The first-order chi connectivity index (χ1) is 16.3. The Labute approximate surface area is 203 Å². The maximum Gasteiger partial charge on any atom is 0.248 e. The topological polar surface area (TPSA) is 106 Å². The predicted molar refractivity (Wildman–Crippen MR) is 133 cm³/mol. The van der Waals surface area contributed by atoms with E-state index in [1.54, 1.807) is 24.6 Å². The zero-order chi connectivity index (χ0) is 24.0. The van der Waals surface area contributed by atoms with Crippen molar-refractivity contribution in [2.75, 3.05) is 18.4 Å². The Morgan fingerprint density at radius 3 is 2.62 bits per heavy atom. The lowest BCUT2D eigenvalue weighted by Crippen LogP contribution is -2.42. The minimum Gasteiger partial charge on any atom is -0.367 e. The number of halogens is 1. The van der Waals surface area contributed by atoms with Crippen LogP contribution in [0.3, 0.4) is 0 Å². The number of rotatable bonds is 5. The summed E-state index contributed by atoms with van der Waals surface area (Å²) in [5.41, 5.74) is 3.69. The van der Waals surface area contributed by atoms with Gasteiger partial charge in [-0.05, 0) is 38.2 Å². The third-order valence-electron chi connectivity index (χ3n) is 6.17. The number of sulfonamides is 1. The summed E-state index contributed by atoms with van der Waals surface area (Å²) in [6, 6.07) is 9.61. The van der Waals surface area contributed by atoms with Crippen molar-refractivity contribution >= 4 is 46.4 Å². The first-order valence-corrected chi connectivity index (χ1v) is 12.9. The second kappa shape index (κ2) is 8.72. The lowest BCUT2D eigenvalue weighted by atomic mass is 10.0. The summed E-state index contributed by atoms with van der Waals surface area (Å²) in [6.45, 7) is 4.06. The van der Waals surface area contributed by atoms with Gasteiger partial charge >= 0.3 is 0 Å². The summed E-state index contributed by atoms with van der Waals surface area (Å²) in [5, 5.41) is 12.5. The first-order valence-electron chi connectivity index (χ1n) is 11.1. The van der Waals surface area contributed by atoms with Crippen LogP contribution < -0.4 is 10.8 Å². The predicted octanol–water partition coefficient (Wildman–Crippen LogP) is 2.18. The molecule has 1 aliphatic rings. The zero-order valence-corrected chi connectivity index (χ0v) is 20.7. The van der Waals surface area contributed by atoms with Gasteiger partial charge in [-0.15, -0.1) is 0 Å². The van der Waals surface area contributed by atoms with Crippen LogP contribution in [0.4, 0.5) is 5.82 Å². The van der Waals surface area contributed by atoms with Gasteiger partial charge in [-0.3, -0.25) is 0 Å². The third-order valence-corrected chi connectivity index (χ3v) is 8.64. The molecule has 3 aromatic heterocycles. The number of hydrogen-bond acceptors (Lipinski definition) is 7. The molecule has 1 aliphatic heterocycles. The van der Waals surface area contributed by atoms with Gasteiger partial charge in [0.15, 0.2) is 11.4 Å². The Bertz CT molecular complexity index is 1460. The molecular weight excluding hydrogens is 475 g/mol. The number of nitrogens with zero attached hydrogens (tertiary/aromatic N) is 5. The van der Waals surface area contributed by atoms with Gasteiger partial charge in [0, 0.05) is 42.0 Å². The minimum atomic E-state index is -3.65. The van der Waals surface area contributed by atoms with E-state index >= 15 is 0 Å². The van der Waals surface area contributed by atoms with Gasteiger partial charge in [0.25, 0.3) is 0 Å². The van der Waals surface area contributed by atoms with Gasteiger partial charge in [0.1, 0.15) is 24.3 Å². The molecule has 0 radical (unpaired) electrons. The summed E-state index contributed by atoms with van der Waals surface area (Å²) >= 11 is 6.43. The quantitative estimate of drug-likeness (QED) is 0.420. The second-order valence-corrected chi connectivity index (χ2v) is 10.8. The molecule has 0 amide bonds. The fourth-order valence-electron chi connectivity index (χ4n) is 4.40. The van der Waals surface area contributed by atoms with E-state index in [2.05, 4.69) is 15.6 Å². The van der Waals surface area contributed by atoms with E-state index in [0.29, 0.717) is 42.4 Å². The highest BCUT2D eigenvalue weighted by Gasteiger charge is 2.34. The summed E-state index contributed by atoms with van der Waals surface area (Å²) < 4.78 is 34.6. The molecule has 1 saturated heterocycles. The number of aryl methyl sites for hydroxylation is 2. The Hall–Kier alpha value is -2.89. The normalized spacial score (nSPS) is 15.7. The third kappa shape index (κ3) is 3.97. The number of anilines is 1. The lowest BCUT2D eigenvalue weighted by Gasteiger charge is -2.32. The van der Waals surface area contributed by atoms with Crippen molar-refractivity contribution in [3.8, 4) is 11.3 Å². The number of nitrogens with one attached hydrogen (secondary N) is 1. The van der Waals surface area contributed by atoms with Gasteiger partial charge in [0.2, 0.25) is 10.0 Å². The maximum absolute atomic E-state index is 13.1. The summed E-state index contributed by atoms with van der Waals surface area (Å²) in [5.74, 6) is 1.11.